The van der Waals surface area contributed by atoms with Gasteiger partial charge in [0.1, 0.15) is 16.9 Å². The van der Waals surface area contributed by atoms with Gasteiger partial charge in [-0.1, -0.05) is 25.3 Å². The van der Waals surface area contributed by atoms with Gasteiger partial charge in [-0.15, -0.1) is 11.3 Å². The molecule has 2 aromatic rings. The van der Waals surface area contributed by atoms with Crippen LogP contribution >= 0.6 is 11.3 Å². The Kier molecular flexibility index (Phi) is 5.97. The van der Waals surface area contributed by atoms with Crippen LogP contribution in [0, 0.1) is 0 Å². The second-order valence-electron chi connectivity index (χ2n) is 8.89. The van der Waals surface area contributed by atoms with Gasteiger partial charge in [-0.05, 0) is 51.4 Å². The quantitative estimate of drug-likeness (QED) is 0.767. The van der Waals surface area contributed by atoms with E-state index in [2.05, 4.69) is 10.4 Å². The molecule has 0 saturated heterocycles. The first kappa shape index (κ1) is 21.1. The minimum absolute atomic E-state index is 0.0691. The Hall–Kier alpha value is -2.19. The molecule has 1 atom stereocenters. The summed E-state index contributed by atoms with van der Waals surface area (Å²) in [6.07, 6.45) is 5.57. The predicted octanol–water partition coefficient (Wildman–Crippen LogP) is 2.84. The SMILES string of the molecule is CN(C)CCN1C(=O)c2cc(-c3cccs3)nn2CC1(C)C(=O)NC1CCCCC1. The molecule has 1 aliphatic carbocycles. The molecule has 30 heavy (non-hydrogen) atoms. The van der Waals surface area contributed by atoms with Crippen LogP contribution in [-0.4, -0.2) is 70.2 Å². The zero-order valence-electron chi connectivity index (χ0n) is 18.1. The average Bonchev–Trinajstić information content (AvgIpc) is 3.38. The number of hydrogen-bond donors (Lipinski definition) is 1. The van der Waals surface area contributed by atoms with Crippen molar-refractivity contribution in [3.8, 4) is 10.6 Å². The lowest BCUT2D eigenvalue weighted by Gasteiger charge is -2.44. The number of nitrogens with zero attached hydrogens (tertiary/aromatic N) is 4. The summed E-state index contributed by atoms with van der Waals surface area (Å²) in [4.78, 5) is 31.8. The van der Waals surface area contributed by atoms with Crippen molar-refractivity contribution < 1.29 is 9.59 Å². The zero-order valence-corrected chi connectivity index (χ0v) is 18.9. The first-order chi connectivity index (χ1) is 14.4. The van der Waals surface area contributed by atoms with Crippen LogP contribution in [0.2, 0.25) is 0 Å². The van der Waals surface area contributed by atoms with Crippen LogP contribution in [-0.2, 0) is 11.3 Å². The van der Waals surface area contributed by atoms with Gasteiger partial charge >= 0.3 is 0 Å². The fraction of sp³-hybridized carbons (Fsp3) is 0.591. The summed E-state index contributed by atoms with van der Waals surface area (Å²) in [5.41, 5.74) is 0.383. The number of fused-ring (bicyclic) bond motifs is 1. The molecule has 0 aromatic carbocycles. The minimum atomic E-state index is -0.962. The van der Waals surface area contributed by atoms with E-state index in [9.17, 15) is 9.59 Å². The molecule has 1 saturated carbocycles. The molecule has 7 nitrogen and oxygen atoms in total. The fourth-order valence-corrected chi connectivity index (χ4v) is 5.11. The number of thiophene rings is 1. The van der Waals surface area contributed by atoms with E-state index >= 15 is 0 Å². The maximum Gasteiger partial charge on any atom is 0.273 e. The summed E-state index contributed by atoms with van der Waals surface area (Å²) >= 11 is 1.60. The van der Waals surface area contributed by atoms with Gasteiger partial charge in [0.25, 0.3) is 5.91 Å². The van der Waals surface area contributed by atoms with Gasteiger partial charge in [0, 0.05) is 19.1 Å². The summed E-state index contributed by atoms with van der Waals surface area (Å²) < 4.78 is 1.73. The summed E-state index contributed by atoms with van der Waals surface area (Å²) in [5, 5.41) is 9.93. The molecule has 3 heterocycles. The topological polar surface area (TPSA) is 70.5 Å². The lowest BCUT2D eigenvalue weighted by atomic mass is 9.91. The number of carbonyl (C=O) groups excluding carboxylic acids is 2. The molecule has 2 aromatic heterocycles. The molecule has 1 aliphatic heterocycles. The zero-order chi connectivity index (χ0) is 21.3. The Morgan fingerprint density at radius 1 is 1.33 bits per heavy atom. The number of hydrogen-bond acceptors (Lipinski definition) is 5. The lowest BCUT2D eigenvalue weighted by Crippen LogP contribution is -2.65. The third-order valence-electron chi connectivity index (χ3n) is 6.27. The molecular weight excluding hydrogens is 398 g/mol. The predicted molar refractivity (Wildman–Crippen MR) is 119 cm³/mol. The van der Waals surface area contributed by atoms with Gasteiger partial charge in [-0.25, -0.2) is 0 Å². The van der Waals surface area contributed by atoms with Crippen molar-refractivity contribution in [2.75, 3.05) is 27.2 Å². The van der Waals surface area contributed by atoms with E-state index in [4.69, 9.17) is 0 Å². The number of carbonyl (C=O) groups is 2. The van der Waals surface area contributed by atoms with Crippen molar-refractivity contribution in [2.45, 2.75) is 57.2 Å². The lowest BCUT2D eigenvalue weighted by molar-refractivity contribution is -0.134. The van der Waals surface area contributed by atoms with Crippen LogP contribution in [0.1, 0.15) is 49.5 Å². The van der Waals surface area contributed by atoms with Crippen LogP contribution in [0.4, 0.5) is 0 Å². The van der Waals surface area contributed by atoms with Gasteiger partial charge in [0.05, 0.1) is 11.4 Å². The summed E-state index contributed by atoms with van der Waals surface area (Å²) in [6.45, 7) is 3.45. The van der Waals surface area contributed by atoms with Gasteiger partial charge in [-0.2, -0.15) is 5.10 Å². The van der Waals surface area contributed by atoms with E-state index in [1.54, 1.807) is 20.9 Å². The molecule has 2 aliphatic rings. The van der Waals surface area contributed by atoms with Crippen molar-refractivity contribution in [3.05, 3.63) is 29.3 Å². The molecule has 8 heteroatoms. The van der Waals surface area contributed by atoms with Crippen LogP contribution in [0.5, 0.6) is 0 Å². The van der Waals surface area contributed by atoms with Gasteiger partial charge in [0.15, 0.2) is 0 Å². The Balaban J connectivity index is 1.64. The smallest absolute Gasteiger partial charge is 0.273 e. The molecule has 0 radical (unpaired) electrons. The van der Waals surface area contributed by atoms with Gasteiger partial charge < -0.3 is 15.1 Å². The normalized spacial score (nSPS) is 22.4. The Bertz CT molecular complexity index is 901. The Morgan fingerprint density at radius 3 is 2.77 bits per heavy atom. The highest BCUT2D eigenvalue weighted by Gasteiger charge is 2.48. The molecule has 1 N–H and O–H groups in total. The van der Waals surface area contributed by atoms with E-state index in [1.165, 1.54) is 6.42 Å². The number of aromatic nitrogens is 2. The van der Waals surface area contributed by atoms with Gasteiger partial charge in [0.2, 0.25) is 5.91 Å². The monoisotopic (exact) mass is 429 g/mol. The number of amides is 2. The Morgan fingerprint density at radius 2 is 2.10 bits per heavy atom. The van der Waals surface area contributed by atoms with Crippen LogP contribution in [0.25, 0.3) is 10.6 Å². The maximum absolute atomic E-state index is 13.5. The number of nitrogens with one attached hydrogen (secondary N) is 1. The molecule has 0 spiro atoms. The third-order valence-corrected chi connectivity index (χ3v) is 7.16. The average molecular weight is 430 g/mol. The van der Waals surface area contributed by atoms with Gasteiger partial charge in [-0.3, -0.25) is 14.3 Å². The van der Waals surface area contributed by atoms with Crippen molar-refractivity contribution >= 4 is 23.2 Å². The highest BCUT2D eigenvalue weighted by Crippen LogP contribution is 2.32. The van der Waals surface area contributed by atoms with E-state index in [0.717, 1.165) is 36.3 Å². The number of rotatable bonds is 6. The summed E-state index contributed by atoms with van der Waals surface area (Å²) in [5.74, 6) is -0.194. The fourth-order valence-electron chi connectivity index (χ4n) is 4.42. The van der Waals surface area contributed by atoms with Crippen molar-refractivity contribution in [1.82, 2.24) is 24.9 Å². The van der Waals surface area contributed by atoms with Crippen molar-refractivity contribution in [1.29, 1.82) is 0 Å². The van der Waals surface area contributed by atoms with E-state index in [-0.39, 0.29) is 17.9 Å². The van der Waals surface area contributed by atoms with E-state index < -0.39 is 5.54 Å². The highest BCUT2D eigenvalue weighted by atomic mass is 32.1. The molecular formula is C22H31N5O2S. The molecule has 0 bridgehead atoms. The van der Waals surface area contributed by atoms with E-state index in [0.29, 0.717) is 25.3 Å². The van der Waals surface area contributed by atoms with Crippen LogP contribution in [0.3, 0.4) is 0 Å². The standard InChI is InChI=1S/C22H31N5O2S/c1-22(21(29)23-16-8-5-4-6-9-16)15-27-18(20(28)26(22)12-11-25(2)3)14-17(24-27)19-10-7-13-30-19/h7,10,13-14,16H,4-6,8-9,11-12,15H2,1-3H3,(H,23,29). The maximum atomic E-state index is 13.5. The molecule has 2 amide bonds. The van der Waals surface area contributed by atoms with Crippen molar-refractivity contribution in [2.24, 2.45) is 0 Å². The molecule has 4 rings (SSSR count). The first-order valence-electron chi connectivity index (χ1n) is 10.8. The second kappa shape index (κ2) is 8.51. The Labute approximate surface area is 182 Å². The first-order valence-corrected chi connectivity index (χ1v) is 11.7. The van der Waals surface area contributed by atoms with Crippen LogP contribution in [0.15, 0.2) is 23.6 Å². The van der Waals surface area contributed by atoms with Crippen LogP contribution < -0.4 is 5.32 Å². The second-order valence-corrected chi connectivity index (χ2v) is 9.84. The summed E-state index contributed by atoms with van der Waals surface area (Å²) in [6, 6.07) is 6.04. The van der Waals surface area contributed by atoms with E-state index in [1.807, 2.05) is 49.5 Å². The largest absolute Gasteiger partial charge is 0.351 e. The minimum Gasteiger partial charge on any atom is -0.351 e. The summed E-state index contributed by atoms with van der Waals surface area (Å²) in [7, 11) is 3.96. The molecule has 1 fully saturated rings. The molecule has 1 unspecified atom stereocenters. The third kappa shape index (κ3) is 4.03. The number of likely N-dealkylation sites (N-methyl/N-ethyl adjacent to an activating group) is 1. The molecule has 162 valence electrons. The highest BCUT2D eigenvalue weighted by molar-refractivity contribution is 7.13. The van der Waals surface area contributed by atoms with Crippen molar-refractivity contribution in [3.63, 3.8) is 0 Å².